The van der Waals surface area contributed by atoms with Crippen LogP contribution in [0.2, 0.25) is 0 Å². The number of hydrogen-bond donors (Lipinski definition) is 1. The maximum absolute atomic E-state index is 5.90. The molecule has 4 heteroatoms. The van der Waals surface area contributed by atoms with E-state index < -0.39 is 0 Å². The van der Waals surface area contributed by atoms with E-state index in [1.165, 1.54) is 12.8 Å². The zero-order chi connectivity index (χ0) is 14.9. The lowest BCUT2D eigenvalue weighted by molar-refractivity contribution is 0.303. The molecule has 0 atom stereocenters. The molecule has 0 bridgehead atoms. The summed E-state index contributed by atoms with van der Waals surface area (Å²) in [6, 6.07) is 12.0. The van der Waals surface area contributed by atoms with Crippen LogP contribution in [0.15, 0.2) is 47.1 Å². The van der Waals surface area contributed by atoms with E-state index in [1.54, 1.807) is 6.20 Å². The highest BCUT2D eigenvalue weighted by Gasteiger charge is 2.05. The molecular formula is C17H21BrN2O. The van der Waals surface area contributed by atoms with Gasteiger partial charge >= 0.3 is 0 Å². The smallest absolute Gasteiger partial charge is 0.126 e. The number of benzene rings is 1. The summed E-state index contributed by atoms with van der Waals surface area (Å²) in [5.41, 5.74) is 1.13. The molecular weight excluding hydrogens is 328 g/mol. The summed E-state index contributed by atoms with van der Waals surface area (Å²) in [7, 11) is 0. The Hall–Kier alpha value is -1.55. The Morgan fingerprint density at radius 3 is 2.86 bits per heavy atom. The van der Waals surface area contributed by atoms with Gasteiger partial charge in [-0.25, -0.2) is 4.98 Å². The van der Waals surface area contributed by atoms with Gasteiger partial charge in [0.05, 0.1) is 6.61 Å². The minimum Gasteiger partial charge on any atom is -0.493 e. The third kappa shape index (κ3) is 5.38. The second kappa shape index (κ2) is 8.67. The number of halogens is 1. The zero-order valence-corrected chi connectivity index (χ0v) is 13.9. The average Bonchev–Trinajstić information content (AvgIpc) is 2.52. The first-order chi connectivity index (χ1) is 10.3. The van der Waals surface area contributed by atoms with Crippen LogP contribution in [0.3, 0.4) is 0 Å². The number of ether oxygens (including phenoxy) is 1. The summed E-state index contributed by atoms with van der Waals surface area (Å²) in [6.45, 7) is 3.66. The Kier molecular flexibility index (Phi) is 6.54. The van der Waals surface area contributed by atoms with Crippen molar-refractivity contribution in [3.05, 3.63) is 52.6 Å². The van der Waals surface area contributed by atoms with Crippen LogP contribution in [0.1, 0.15) is 31.7 Å². The van der Waals surface area contributed by atoms with Gasteiger partial charge in [-0.2, -0.15) is 0 Å². The van der Waals surface area contributed by atoms with E-state index in [1.807, 2.05) is 30.3 Å². The highest BCUT2D eigenvalue weighted by atomic mass is 79.9. The molecule has 0 aliphatic rings. The molecule has 0 spiro atoms. The van der Waals surface area contributed by atoms with Crippen LogP contribution in [-0.4, -0.2) is 11.6 Å². The lowest BCUT2D eigenvalue weighted by Gasteiger charge is -2.13. The van der Waals surface area contributed by atoms with Crippen molar-refractivity contribution >= 4 is 21.7 Å². The Morgan fingerprint density at radius 2 is 2.10 bits per heavy atom. The summed E-state index contributed by atoms with van der Waals surface area (Å²) in [5, 5.41) is 3.32. The first kappa shape index (κ1) is 15.8. The van der Waals surface area contributed by atoms with E-state index in [4.69, 9.17) is 4.74 Å². The van der Waals surface area contributed by atoms with Crippen molar-refractivity contribution in [2.75, 3.05) is 11.9 Å². The minimum atomic E-state index is 0.694. The number of anilines is 1. The molecule has 0 saturated carbocycles. The van der Waals surface area contributed by atoms with Gasteiger partial charge in [0.15, 0.2) is 0 Å². The SMILES string of the molecule is CCCCCOc1ccc(Br)cc1CNc1ccccn1. The van der Waals surface area contributed by atoms with Crippen molar-refractivity contribution in [3.63, 3.8) is 0 Å². The van der Waals surface area contributed by atoms with Crippen molar-refractivity contribution in [3.8, 4) is 5.75 Å². The van der Waals surface area contributed by atoms with Crippen LogP contribution >= 0.6 is 15.9 Å². The van der Waals surface area contributed by atoms with Crippen LogP contribution in [0.5, 0.6) is 5.75 Å². The van der Waals surface area contributed by atoms with Crippen LogP contribution in [0.25, 0.3) is 0 Å². The van der Waals surface area contributed by atoms with Gasteiger partial charge in [-0.05, 0) is 36.8 Å². The molecule has 0 saturated heterocycles. The molecule has 0 aliphatic carbocycles. The third-order valence-electron chi connectivity index (χ3n) is 3.15. The fourth-order valence-corrected chi connectivity index (χ4v) is 2.42. The molecule has 2 aromatic rings. The largest absolute Gasteiger partial charge is 0.493 e. The lowest BCUT2D eigenvalue weighted by Crippen LogP contribution is -2.05. The highest BCUT2D eigenvalue weighted by molar-refractivity contribution is 9.10. The van der Waals surface area contributed by atoms with E-state index in [0.29, 0.717) is 6.54 Å². The maximum Gasteiger partial charge on any atom is 0.126 e. The van der Waals surface area contributed by atoms with Crippen LogP contribution in [0.4, 0.5) is 5.82 Å². The van der Waals surface area contributed by atoms with Crippen LogP contribution in [-0.2, 0) is 6.54 Å². The van der Waals surface area contributed by atoms with Crippen molar-refractivity contribution in [2.24, 2.45) is 0 Å². The topological polar surface area (TPSA) is 34.1 Å². The molecule has 0 radical (unpaired) electrons. The molecule has 1 heterocycles. The summed E-state index contributed by atoms with van der Waals surface area (Å²) < 4.78 is 6.96. The number of nitrogens with one attached hydrogen (secondary N) is 1. The van der Waals surface area contributed by atoms with Crippen molar-refractivity contribution in [1.82, 2.24) is 4.98 Å². The first-order valence-corrected chi connectivity index (χ1v) is 8.15. The molecule has 1 aromatic heterocycles. The molecule has 0 amide bonds. The molecule has 3 nitrogen and oxygen atoms in total. The predicted molar refractivity (Wildman–Crippen MR) is 90.7 cm³/mol. The maximum atomic E-state index is 5.90. The molecule has 1 aromatic carbocycles. The highest BCUT2D eigenvalue weighted by Crippen LogP contribution is 2.24. The molecule has 0 aliphatic heterocycles. The molecule has 21 heavy (non-hydrogen) atoms. The molecule has 1 N–H and O–H groups in total. The standard InChI is InChI=1S/C17H21BrN2O/c1-2-3-6-11-21-16-9-8-15(18)12-14(16)13-20-17-7-4-5-10-19-17/h4-5,7-10,12H,2-3,6,11,13H2,1H3,(H,19,20). The van der Waals surface area contributed by atoms with E-state index in [0.717, 1.165) is 34.6 Å². The Balaban J connectivity index is 1.97. The number of pyridine rings is 1. The fraction of sp³-hybridized carbons (Fsp3) is 0.353. The number of nitrogens with zero attached hydrogens (tertiary/aromatic N) is 1. The molecule has 0 unspecified atom stereocenters. The molecule has 0 fully saturated rings. The van der Waals surface area contributed by atoms with Crippen molar-refractivity contribution in [2.45, 2.75) is 32.7 Å². The normalized spacial score (nSPS) is 10.4. The Morgan fingerprint density at radius 1 is 1.19 bits per heavy atom. The Bertz CT molecular complexity index is 546. The van der Waals surface area contributed by atoms with Gasteiger partial charge in [-0.3, -0.25) is 0 Å². The summed E-state index contributed by atoms with van der Waals surface area (Å²) in [5.74, 6) is 1.81. The molecule has 112 valence electrons. The van der Waals surface area contributed by atoms with Gasteiger partial charge in [0.2, 0.25) is 0 Å². The van der Waals surface area contributed by atoms with E-state index >= 15 is 0 Å². The van der Waals surface area contributed by atoms with Gasteiger partial charge < -0.3 is 10.1 Å². The van der Waals surface area contributed by atoms with Crippen LogP contribution in [0, 0.1) is 0 Å². The van der Waals surface area contributed by atoms with Gasteiger partial charge in [-0.15, -0.1) is 0 Å². The zero-order valence-electron chi connectivity index (χ0n) is 12.3. The van der Waals surface area contributed by atoms with Gasteiger partial charge in [0.25, 0.3) is 0 Å². The number of unbranched alkanes of at least 4 members (excludes halogenated alkanes) is 2. The first-order valence-electron chi connectivity index (χ1n) is 7.35. The van der Waals surface area contributed by atoms with Gasteiger partial charge in [0, 0.05) is 22.8 Å². The minimum absolute atomic E-state index is 0.694. The number of hydrogen-bond acceptors (Lipinski definition) is 3. The number of rotatable bonds is 8. The summed E-state index contributed by atoms with van der Waals surface area (Å²) >= 11 is 3.52. The van der Waals surface area contributed by atoms with Crippen molar-refractivity contribution < 1.29 is 4.74 Å². The van der Waals surface area contributed by atoms with Gasteiger partial charge in [-0.1, -0.05) is 41.8 Å². The second-order valence-corrected chi connectivity index (χ2v) is 5.79. The third-order valence-corrected chi connectivity index (χ3v) is 3.65. The monoisotopic (exact) mass is 348 g/mol. The van der Waals surface area contributed by atoms with E-state index in [9.17, 15) is 0 Å². The predicted octanol–water partition coefficient (Wildman–Crippen LogP) is 5.03. The quantitative estimate of drug-likeness (QED) is 0.679. The molecule has 2 rings (SSSR count). The fourth-order valence-electron chi connectivity index (χ4n) is 2.01. The summed E-state index contributed by atoms with van der Waals surface area (Å²) in [6.07, 6.45) is 5.29. The second-order valence-electron chi connectivity index (χ2n) is 4.88. The van der Waals surface area contributed by atoms with Crippen LogP contribution < -0.4 is 10.1 Å². The van der Waals surface area contributed by atoms with E-state index in [-0.39, 0.29) is 0 Å². The lowest BCUT2D eigenvalue weighted by atomic mass is 10.2. The number of aromatic nitrogens is 1. The Labute approximate surface area is 134 Å². The van der Waals surface area contributed by atoms with E-state index in [2.05, 4.69) is 39.2 Å². The summed E-state index contributed by atoms with van der Waals surface area (Å²) in [4.78, 5) is 4.27. The van der Waals surface area contributed by atoms with Crippen molar-refractivity contribution in [1.29, 1.82) is 0 Å². The average molecular weight is 349 g/mol. The van der Waals surface area contributed by atoms with Gasteiger partial charge in [0.1, 0.15) is 11.6 Å².